The molecule has 0 aliphatic rings. The third-order valence-corrected chi connectivity index (χ3v) is 6.93. The molecule has 0 aliphatic carbocycles. The normalized spacial score (nSPS) is 13.2. The third-order valence-electron chi connectivity index (χ3n) is 2.98. The van der Waals surface area contributed by atoms with Crippen LogP contribution in [0.3, 0.4) is 0 Å². The van der Waals surface area contributed by atoms with Gasteiger partial charge in [-0.25, -0.2) is 13.1 Å². The van der Waals surface area contributed by atoms with Gasteiger partial charge in [0.25, 0.3) is 0 Å². The van der Waals surface area contributed by atoms with Crippen molar-refractivity contribution in [1.29, 1.82) is 0 Å². The Morgan fingerprint density at radius 1 is 1.40 bits per heavy atom. The summed E-state index contributed by atoms with van der Waals surface area (Å²) >= 11 is 4.81. The summed E-state index contributed by atoms with van der Waals surface area (Å²) in [6, 6.07) is 2.10. The zero-order valence-corrected chi connectivity index (χ0v) is 15.8. The highest BCUT2D eigenvalue weighted by atomic mass is 79.9. The Morgan fingerprint density at radius 3 is 2.50 bits per heavy atom. The van der Waals surface area contributed by atoms with E-state index in [1.165, 1.54) is 11.3 Å². The summed E-state index contributed by atoms with van der Waals surface area (Å²) in [5, 5.41) is 3.29. The summed E-state index contributed by atoms with van der Waals surface area (Å²) in [5.41, 5.74) is -0.448. The second-order valence-corrected chi connectivity index (χ2v) is 9.83. The second-order valence-electron chi connectivity index (χ2n) is 5.73. The molecule has 1 heterocycles. The van der Waals surface area contributed by atoms with Gasteiger partial charge >= 0.3 is 0 Å². The SMILES string of the molecule is CCC(C)(C)NS(=O)(=O)c1cc(CNC(C)C)sc1Br. The maximum absolute atomic E-state index is 12.4. The fourth-order valence-electron chi connectivity index (χ4n) is 1.46. The minimum absolute atomic E-state index is 0.324. The molecule has 2 N–H and O–H groups in total. The van der Waals surface area contributed by atoms with E-state index in [0.29, 0.717) is 21.3 Å². The molecule has 1 rings (SSSR count). The predicted molar refractivity (Wildman–Crippen MR) is 88.7 cm³/mol. The van der Waals surface area contributed by atoms with Gasteiger partial charge in [-0.05, 0) is 42.3 Å². The van der Waals surface area contributed by atoms with Crippen molar-refractivity contribution in [2.45, 2.75) is 64.1 Å². The van der Waals surface area contributed by atoms with Gasteiger partial charge in [0.1, 0.15) is 4.90 Å². The molecule has 0 amide bonds. The summed E-state index contributed by atoms with van der Waals surface area (Å²) in [5.74, 6) is 0. The smallest absolute Gasteiger partial charge is 0.243 e. The average molecular weight is 383 g/mol. The Hall–Kier alpha value is 0.0500. The Balaban J connectivity index is 2.96. The Kier molecular flexibility index (Phi) is 6.22. The van der Waals surface area contributed by atoms with Crippen LogP contribution in [0.5, 0.6) is 0 Å². The lowest BCUT2D eigenvalue weighted by molar-refractivity contribution is 0.439. The van der Waals surface area contributed by atoms with E-state index in [0.717, 1.165) is 11.3 Å². The highest BCUT2D eigenvalue weighted by molar-refractivity contribution is 9.11. The largest absolute Gasteiger partial charge is 0.310 e. The van der Waals surface area contributed by atoms with E-state index in [4.69, 9.17) is 0 Å². The topological polar surface area (TPSA) is 58.2 Å². The quantitative estimate of drug-likeness (QED) is 0.758. The van der Waals surface area contributed by atoms with Crippen molar-refractivity contribution in [3.05, 3.63) is 14.7 Å². The second kappa shape index (κ2) is 6.87. The van der Waals surface area contributed by atoms with Gasteiger partial charge in [-0.15, -0.1) is 11.3 Å². The van der Waals surface area contributed by atoms with Crippen LogP contribution in [0.1, 0.15) is 45.9 Å². The molecule has 0 atom stereocenters. The van der Waals surface area contributed by atoms with E-state index in [1.807, 2.05) is 20.8 Å². The molecule has 0 radical (unpaired) electrons. The first kappa shape index (κ1) is 18.1. The standard InChI is InChI=1S/C13H23BrN2O2S2/c1-6-13(4,5)16-20(17,18)11-7-10(19-12(11)14)8-15-9(2)3/h7,9,15-16H,6,8H2,1-5H3. The van der Waals surface area contributed by atoms with Crippen LogP contribution in [0.2, 0.25) is 0 Å². The zero-order chi connectivity index (χ0) is 15.6. The molecule has 0 aliphatic heterocycles. The minimum Gasteiger partial charge on any atom is -0.310 e. The van der Waals surface area contributed by atoms with Crippen molar-refractivity contribution >= 4 is 37.3 Å². The Labute approximate surface area is 134 Å². The van der Waals surface area contributed by atoms with E-state index in [9.17, 15) is 8.42 Å². The average Bonchev–Trinajstić information content (AvgIpc) is 2.67. The number of nitrogens with one attached hydrogen (secondary N) is 2. The number of rotatable bonds is 7. The molecule has 0 aromatic carbocycles. The van der Waals surface area contributed by atoms with E-state index in [-0.39, 0.29) is 0 Å². The molecule has 4 nitrogen and oxygen atoms in total. The van der Waals surface area contributed by atoms with Crippen LogP contribution < -0.4 is 10.0 Å². The van der Waals surface area contributed by atoms with Crippen molar-refractivity contribution in [2.75, 3.05) is 0 Å². The maximum Gasteiger partial charge on any atom is 0.243 e. The summed E-state index contributed by atoms with van der Waals surface area (Å²) < 4.78 is 28.2. The lowest BCUT2D eigenvalue weighted by atomic mass is 10.0. The van der Waals surface area contributed by atoms with Gasteiger partial charge in [-0.3, -0.25) is 0 Å². The number of sulfonamides is 1. The molecule has 1 aromatic heterocycles. The first-order valence-electron chi connectivity index (χ1n) is 6.63. The summed E-state index contributed by atoms with van der Waals surface area (Å²) in [6.07, 6.45) is 0.732. The fraction of sp³-hybridized carbons (Fsp3) is 0.692. The minimum atomic E-state index is -3.49. The first-order valence-corrected chi connectivity index (χ1v) is 9.72. The maximum atomic E-state index is 12.4. The number of halogens is 1. The number of hydrogen-bond acceptors (Lipinski definition) is 4. The molecule has 0 spiro atoms. The third kappa shape index (κ3) is 5.11. The molecule has 7 heteroatoms. The van der Waals surface area contributed by atoms with Crippen LogP contribution in [0.15, 0.2) is 14.7 Å². The lowest BCUT2D eigenvalue weighted by Crippen LogP contribution is -2.42. The molecule has 0 bridgehead atoms. The van der Waals surface area contributed by atoms with Crippen LogP contribution in [0.4, 0.5) is 0 Å². The monoisotopic (exact) mass is 382 g/mol. The van der Waals surface area contributed by atoms with E-state index >= 15 is 0 Å². The molecule has 20 heavy (non-hydrogen) atoms. The first-order chi connectivity index (χ1) is 9.07. The zero-order valence-electron chi connectivity index (χ0n) is 12.6. The predicted octanol–water partition coefficient (Wildman–Crippen LogP) is 3.48. The van der Waals surface area contributed by atoms with Crippen molar-refractivity contribution in [2.24, 2.45) is 0 Å². The number of hydrogen-bond donors (Lipinski definition) is 2. The van der Waals surface area contributed by atoms with Crippen LogP contribution in [-0.2, 0) is 16.6 Å². The molecule has 0 fully saturated rings. The summed E-state index contributed by atoms with van der Waals surface area (Å²) in [6.45, 7) is 10.5. The van der Waals surface area contributed by atoms with Gasteiger partial charge in [-0.1, -0.05) is 20.8 Å². The molecule has 0 saturated heterocycles. The van der Waals surface area contributed by atoms with Crippen LogP contribution in [-0.4, -0.2) is 20.0 Å². The highest BCUT2D eigenvalue weighted by Gasteiger charge is 2.27. The van der Waals surface area contributed by atoms with Gasteiger partial charge in [0.2, 0.25) is 10.0 Å². The van der Waals surface area contributed by atoms with E-state index < -0.39 is 15.6 Å². The molecular formula is C13H23BrN2O2S2. The van der Waals surface area contributed by atoms with Gasteiger partial charge in [0.05, 0.1) is 3.79 Å². The molecule has 0 saturated carbocycles. The van der Waals surface area contributed by atoms with E-state index in [1.54, 1.807) is 6.07 Å². The Bertz CT molecular complexity index is 551. The van der Waals surface area contributed by atoms with Crippen molar-refractivity contribution in [1.82, 2.24) is 10.0 Å². The molecule has 116 valence electrons. The molecule has 0 unspecified atom stereocenters. The fourth-order valence-corrected chi connectivity index (χ4v) is 5.58. The van der Waals surface area contributed by atoms with Gasteiger partial charge in [-0.2, -0.15) is 0 Å². The summed E-state index contributed by atoms with van der Waals surface area (Å²) in [7, 11) is -3.49. The lowest BCUT2D eigenvalue weighted by Gasteiger charge is -2.23. The van der Waals surface area contributed by atoms with E-state index in [2.05, 4.69) is 39.8 Å². The van der Waals surface area contributed by atoms with Crippen LogP contribution >= 0.6 is 27.3 Å². The van der Waals surface area contributed by atoms with Gasteiger partial charge in [0.15, 0.2) is 0 Å². The van der Waals surface area contributed by atoms with Crippen molar-refractivity contribution < 1.29 is 8.42 Å². The number of thiophene rings is 1. The molecule has 1 aromatic rings. The molecular weight excluding hydrogens is 360 g/mol. The van der Waals surface area contributed by atoms with Gasteiger partial charge in [0, 0.05) is 23.0 Å². The van der Waals surface area contributed by atoms with Crippen molar-refractivity contribution in [3.8, 4) is 0 Å². The van der Waals surface area contributed by atoms with Crippen LogP contribution in [0.25, 0.3) is 0 Å². The van der Waals surface area contributed by atoms with Crippen molar-refractivity contribution in [3.63, 3.8) is 0 Å². The van der Waals surface area contributed by atoms with Crippen LogP contribution in [0, 0.1) is 0 Å². The summed E-state index contributed by atoms with van der Waals surface area (Å²) in [4.78, 5) is 1.32. The highest BCUT2D eigenvalue weighted by Crippen LogP contribution is 2.32. The Morgan fingerprint density at radius 2 is 2.00 bits per heavy atom. The van der Waals surface area contributed by atoms with Gasteiger partial charge < -0.3 is 5.32 Å².